The Morgan fingerprint density at radius 3 is 1.00 bits per heavy atom. The minimum Gasteiger partial charge on any atom is 2.00 e. The molecule has 9 nitrogen and oxygen atoms in total. The zero-order valence-electron chi connectivity index (χ0n) is 5.61. The second kappa shape index (κ2) is 11.4. The van der Waals surface area contributed by atoms with Gasteiger partial charge in [-0.25, -0.2) is 0 Å². The Morgan fingerprint density at radius 2 is 1.00 bits per heavy atom. The Labute approximate surface area is 107 Å². The summed E-state index contributed by atoms with van der Waals surface area (Å²) in [6, 6.07) is 0. The van der Waals surface area contributed by atoms with Crippen molar-refractivity contribution in [1.82, 2.24) is 0 Å². The van der Waals surface area contributed by atoms with E-state index in [0.29, 0.717) is 0 Å². The van der Waals surface area contributed by atoms with Crippen molar-refractivity contribution in [3.05, 3.63) is 0 Å². The van der Waals surface area contributed by atoms with Crippen LogP contribution in [0.1, 0.15) is 0 Å². The molecule has 0 heterocycles. The van der Waals surface area contributed by atoms with Crippen molar-refractivity contribution < 1.29 is 52.5 Å². The zero-order chi connectivity index (χ0) is 9.00. The molecule has 0 aliphatic carbocycles. The molecule has 0 rings (SSSR count). The molecule has 0 aliphatic heterocycles. The molecule has 1 N–H and O–H groups in total. The molecule has 0 saturated heterocycles. The molecular formula is HAlCrO9PbS. The van der Waals surface area contributed by atoms with Crippen LogP contribution in [0, 0.1) is 0 Å². The Balaban J connectivity index is -0.0000000267. The van der Waals surface area contributed by atoms with E-state index in [1.165, 1.54) is 0 Å². The Bertz CT molecular complexity index is 216. The van der Waals surface area contributed by atoms with Gasteiger partial charge in [-0.3, -0.25) is 8.42 Å². The van der Waals surface area contributed by atoms with Crippen molar-refractivity contribution in [3.8, 4) is 0 Å². The molecule has 0 aromatic heterocycles. The molecule has 0 aromatic carbocycles. The van der Waals surface area contributed by atoms with E-state index in [-0.39, 0.29) is 50.1 Å². The molecule has 0 amide bonds. The molecule has 0 atom stereocenters. The molecular weight excluding hydrogens is 462 g/mol. The SMILES string of the molecule is O=S(=O)([O-])[O-].[Al+3].[OH-].[O]=[Cr](=[O])([O-])[O-].[Pb+2]. The minimum atomic E-state index is -5.75. The van der Waals surface area contributed by atoms with Crippen LogP contribution in [0.5, 0.6) is 0 Å². The molecule has 0 unspecified atom stereocenters. The van der Waals surface area contributed by atoms with E-state index < -0.39 is 24.0 Å². The standard InChI is InChI=1S/Al.Cr.H2O4S.H2O.4O.Pb/c;;1-5(2,3)4;;;;;;/h;;(H2,1,2,3,4);1H2;;;;;/q+3;;;;;;2*-1;+2/p-3. The fourth-order valence-corrected chi connectivity index (χ4v) is 0. The van der Waals surface area contributed by atoms with Gasteiger partial charge in [-0.15, -0.1) is 0 Å². The molecule has 0 spiro atoms. The molecule has 0 bridgehead atoms. The third-order valence-electron chi connectivity index (χ3n) is 0. The van der Waals surface area contributed by atoms with Crippen molar-refractivity contribution >= 4 is 55.1 Å². The van der Waals surface area contributed by atoms with Gasteiger partial charge in [0.1, 0.15) is 0 Å². The second-order valence-corrected chi connectivity index (χ2v) is 2.91. The number of rotatable bonds is 0. The maximum atomic E-state index is 8.59. The van der Waals surface area contributed by atoms with Gasteiger partial charge >= 0.3 is 74.2 Å². The third-order valence-corrected chi connectivity index (χ3v) is 0. The molecule has 0 aromatic rings. The summed E-state index contributed by atoms with van der Waals surface area (Å²) in [5.74, 6) is 0. The zero-order valence-corrected chi connectivity index (χ0v) is 12.7. The first-order chi connectivity index (χ1) is 4.00. The topological polar surface area (TPSA) is 191 Å². The summed E-state index contributed by atoms with van der Waals surface area (Å²) in [5, 5.41) is 0. The van der Waals surface area contributed by atoms with Crippen LogP contribution in [0.15, 0.2) is 0 Å². The second-order valence-electron chi connectivity index (χ2n) is 0.816. The van der Waals surface area contributed by atoms with Crippen LogP contribution in [0.4, 0.5) is 0 Å². The largest absolute Gasteiger partial charge is 2.00 e. The summed E-state index contributed by atoms with van der Waals surface area (Å²) < 4.78 is 68.5. The van der Waals surface area contributed by atoms with Gasteiger partial charge in [-0.2, -0.15) is 0 Å². The smallest absolute Gasteiger partial charge is 2.00 e. The first kappa shape index (κ1) is 29.3. The average molecular weight is 463 g/mol. The molecule has 2 radical (unpaired) electrons. The van der Waals surface area contributed by atoms with Crippen molar-refractivity contribution in [1.29, 1.82) is 0 Å². The van der Waals surface area contributed by atoms with Gasteiger partial charge in [0.15, 0.2) is 0 Å². The van der Waals surface area contributed by atoms with Crippen molar-refractivity contribution in [2.75, 3.05) is 0 Å². The third kappa shape index (κ3) is 959. The summed E-state index contributed by atoms with van der Waals surface area (Å²) in [7, 11) is -5.17. The van der Waals surface area contributed by atoms with Crippen LogP contribution >= 0.6 is 0 Å². The molecule has 13 heteroatoms. The van der Waals surface area contributed by atoms with Crippen LogP contribution in [-0.2, 0) is 31.6 Å². The van der Waals surface area contributed by atoms with Crippen LogP contribution in [0.25, 0.3) is 0 Å². The Hall–Kier alpha value is 1.34. The van der Waals surface area contributed by atoms with E-state index in [2.05, 4.69) is 0 Å². The van der Waals surface area contributed by atoms with Gasteiger partial charge in [0.25, 0.3) is 0 Å². The number of hydrogen-bond acceptors (Lipinski definition) is 9. The van der Waals surface area contributed by atoms with Gasteiger partial charge in [0.05, 0.1) is 0 Å². The molecule has 0 saturated carbocycles. The van der Waals surface area contributed by atoms with E-state index in [0.717, 1.165) is 0 Å². The summed E-state index contributed by atoms with van der Waals surface area (Å²) in [6.07, 6.45) is 0. The summed E-state index contributed by atoms with van der Waals surface area (Å²) in [4.78, 5) is 0. The Morgan fingerprint density at radius 1 is 1.00 bits per heavy atom. The van der Waals surface area contributed by atoms with Gasteiger partial charge in [0.2, 0.25) is 0 Å². The van der Waals surface area contributed by atoms with Crippen molar-refractivity contribution in [2.45, 2.75) is 0 Å². The van der Waals surface area contributed by atoms with Gasteiger partial charge in [0, 0.05) is 10.4 Å². The molecule has 0 aliphatic rings. The van der Waals surface area contributed by atoms with E-state index >= 15 is 0 Å². The van der Waals surface area contributed by atoms with Crippen molar-refractivity contribution in [3.63, 3.8) is 0 Å². The van der Waals surface area contributed by atoms with Gasteiger partial charge < -0.3 is 14.6 Å². The summed E-state index contributed by atoms with van der Waals surface area (Å²) in [5.41, 5.74) is 0. The number of hydrogen-bond donors (Lipinski definition) is 0. The normalized spacial score (nSPS) is 8.92. The van der Waals surface area contributed by atoms with Gasteiger partial charge in [-0.05, 0) is 0 Å². The summed E-state index contributed by atoms with van der Waals surface area (Å²) in [6.45, 7) is 0. The average Bonchev–Trinajstić information content (AvgIpc) is 1.12. The van der Waals surface area contributed by atoms with Crippen LogP contribution in [0.3, 0.4) is 0 Å². The molecule has 0 fully saturated rings. The maximum absolute atomic E-state index is 8.59. The predicted molar refractivity (Wildman–Crippen MR) is 25.3 cm³/mol. The molecule has 74 valence electrons. The maximum Gasteiger partial charge on any atom is 2.00 e. The Kier molecular flexibility index (Phi) is 25.7. The van der Waals surface area contributed by atoms with E-state index in [9.17, 15) is 0 Å². The van der Waals surface area contributed by atoms with Crippen LogP contribution in [0.2, 0.25) is 0 Å². The first-order valence-electron chi connectivity index (χ1n) is 1.33. The first-order valence-corrected chi connectivity index (χ1v) is 4.75. The summed E-state index contributed by atoms with van der Waals surface area (Å²) >= 11 is -5.75. The fourth-order valence-electron chi connectivity index (χ4n) is 0. The fraction of sp³-hybridized carbons (Fsp3) is 0. The molecule has 13 heavy (non-hydrogen) atoms. The quantitative estimate of drug-likeness (QED) is 0.192. The van der Waals surface area contributed by atoms with Gasteiger partial charge in [-0.1, -0.05) is 0 Å². The minimum absolute atomic E-state index is 0. The van der Waals surface area contributed by atoms with E-state index in [4.69, 9.17) is 33.4 Å². The van der Waals surface area contributed by atoms with E-state index in [1.807, 2.05) is 0 Å². The van der Waals surface area contributed by atoms with Crippen LogP contribution < -0.4 is 8.32 Å². The van der Waals surface area contributed by atoms with Crippen molar-refractivity contribution in [2.24, 2.45) is 0 Å². The predicted octanol–water partition coefficient (Wildman–Crippen LogP) is -4.89. The monoisotopic (exact) mass is 464 g/mol. The van der Waals surface area contributed by atoms with Crippen LogP contribution in [-0.4, -0.2) is 67.7 Å². The van der Waals surface area contributed by atoms with E-state index in [1.54, 1.807) is 0 Å².